The highest BCUT2D eigenvalue weighted by Crippen LogP contribution is 2.38. The molecule has 0 fully saturated rings. The van der Waals surface area contributed by atoms with Crippen LogP contribution in [0.5, 0.6) is 0 Å². The number of nitrogens with zero attached hydrogens (tertiary/aromatic N) is 2. The molecule has 0 amide bonds. The fraction of sp³-hybridized carbons (Fsp3) is 0.250. The number of rotatable bonds is 4. The second-order valence-corrected chi connectivity index (χ2v) is 7.38. The maximum absolute atomic E-state index is 13.5. The minimum absolute atomic E-state index is 0.0360. The molecule has 2 aromatic carbocycles. The zero-order chi connectivity index (χ0) is 19.8. The summed E-state index contributed by atoms with van der Waals surface area (Å²) in [6, 6.07) is 12.5. The molecule has 1 N–H and O–H groups in total. The second-order valence-electron chi connectivity index (χ2n) is 6.47. The molecule has 0 aliphatic carbocycles. The summed E-state index contributed by atoms with van der Waals surface area (Å²) in [6.07, 6.45) is -2.54. The van der Waals surface area contributed by atoms with E-state index in [-0.39, 0.29) is 11.4 Å². The lowest BCUT2D eigenvalue weighted by atomic mass is 10.0. The molecule has 1 unspecified atom stereocenters. The Labute approximate surface area is 163 Å². The molecular formula is C20H18BrF3N2O. The van der Waals surface area contributed by atoms with E-state index >= 15 is 0 Å². The first-order valence-electron chi connectivity index (χ1n) is 8.38. The summed E-state index contributed by atoms with van der Waals surface area (Å²) in [6.45, 7) is 3.39. The van der Waals surface area contributed by atoms with E-state index < -0.39 is 17.3 Å². The van der Waals surface area contributed by atoms with Gasteiger partial charge in [-0.15, -0.1) is 0 Å². The van der Waals surface area contributed by atoms with Gasteiger partial charge in [-0.3, -0.25) is 4.57 Å². The first-order chi connectivity index (χ1) is 12.6. The van der Waals surface area contributed by atoms with Crippen LogP contribution in [0, 0.1) is 0 Å². The van der Waals surface area contributed by atoms with Crippen LogP contribution in [0.1, 0.15) is 31.5 Å². The number of hydrogen-bond donors (Lipinski definition) is 1. The quantitative estimate of drug-likeness (QED) is 0.547. The van der Waals surface area contributed by atoms with Crippen molar-refractivity contribution in [2.45, 2.75) is 32.0 Å². The summed E-state index contributed by atoms with van der Waals surface area (Å²) >= 11 is 3.35. The standard InChI is InChI=1S/C20H18BrF3N2O/c1-3-19(2,27)17-12-26(14-10-8-13(21)9-11-14)18(25-17)15-6-4-5-7-16(15)20(22,23)24/h4-12,27H,3H2,1-2H3. The average Bonchev–Trinajstić information content (AvgIpc) is 3.08. The first-order valence-corrected chi connectivity index (χ1v) is 9.17. The Bertz CT molecular complexity index is 947. The molecule has 27 heavy (non-hydrogen) atoms. The molecule has 1 atom stereocenters. The van der Waals surface area contributed by atoms with Crippen LogP contribution in [0.3, 0.4) is 0 Å². The van der Waals surface area contributed by atoms with E-state index in [1.165, 1.54) is 12.1 Å². The normalized spacial score (nSPS) is 14.2. The summed E-state index contributed by atoms with van der Waals surface area (Å²) in [5, 5.41) is 10.6. The van der Waals surface area contributed by atoms with Crippen LogP contribution in [0.4, 0.5) is 13.2 Å². The Morgan fingerprint density at radius 1 is 1.07 bits per heavy atom. The molecule has 0 aliphatic rings. The largest absolute Gasteiger partial charge is 0.417 e. The summed E-state index contributed by atoms with van der Waals surface area (Å²) in [5.74, 6) is 0.133. The minimum atomic E-state index is -4.51. The zero-order valence-corrected chi connectivity index (χ0v) is 16.3. The third-order valence-corrected chi connectivity index (χ3v) is 5.05. The van der Waals surface area contributed by atoms with Gasteiger partial charge in [0.2, 0.25) is 0 Å². The van der Waals surface area contributed by atoms with E-state index in [0.29, 0.717) is 17.8 Å². The highest BCUT2D eigenvalue weighted by molar-refractivity contribution is 9.10. The van der Waals surface area contributed by atoms with Crippen molar-refractivity contribution < 1.29 is 18.3 Å². The molecule has 142 valence electrons. The van der Waals surface area contributed by atoms with Gasteiger partial charge < -0.3 is 5.11 Å². The number of hydrogen-bond acceptors (Lipinski definition) is 2. The molecule has 1 heterocycles. The summed E-state index contributed by atoms with van der Waals surface area (Å²) in [5.41, 5.74) is -1.08. The monoisotopic (exact) mass is 438 g/mol. The molecule has 0 spiro atoms. The van der Waals surface area contributed by atoms with Gasteiger partial charge in [0.15, 0.2) is 0 Å². The number of imidazole rings is 1. The molecule has 0 radical (unpaired) electrons. The number of aromatic nitrogens is 2. The van der Waals surface area contributed by atoms with Crippen molar-refractivity contribution >= 4 is 15.9 Å². The van der Waals surface area contributed by atoms with Crippen molar-refractivity contribution in [1.29, 1.82) is 0 Å². The maximum Gasteiger partial charge on any atom is 0.417 e. The van der Waals surface area contributed by atoms with E-state index in [1.54, 1.807) is 54.9 Å². The molecule has 3 nitrogen and oxygen atoms in total. The molecule has 3 rings (SSSR count). The van der Waals surface area contributed by atoms with E-state index in [9.17, 15) is 18.3 Å². The maximum atomic E-state index is 13.5. The van der Waals surface area contributed by atoms with Crippen LogP contribution >= 0.6 is 15.9 Å². The van der Waals surface area contributed by atoms with Gasteiger partial charge in [0.1, 0.15) is 11.4 Å². The molecule has 7 heteroatoms. The smallest absolute Gasteiger partial charge is 0.384 e. The number of benzene rings is 2. The van der Waals surface area contributed by atoms with Gasteiger partial charge in [-0.1, -0.05) is 41.1 Å². The average molecular weight is 439 g/mol. The lowest BCUT2D eigenvalue weighted by Crippen LogP contribution is -2.20. The lowest BCUT2D eigenvalue weighted by molar-refractivity contribution is -0.137. The molecular weight excluding hydrogens is 421 g/mol. The van der Waals surface area contributed by atoms with Crippen LogP contribution in [0.25, 0.3) is 17.1 Å². The molecule has 0 bridgehead atoms. The van der Waals surface area contributed by atoms with Gasteiger partial charge in [-0.2, -0.15) is 13.2 Å². The minimum Gasteiger partial charge on any atom is -0.384 e. The third kappa shape index (κ3) is 3.94. The number of aliphatic hydroxyl groups is 1. The second kappa shape index (κ2) is 7.13. The Balaban J connectivity index is 2.28. The van der Waals surface area contributed by atoms with Gasteiger partial charge in [0, 0.05) is 21.9 Å². The van der Waals surface area contributed by atoms with E-state index in [2.05, 4.69) is 20.9 Å². The van der Waals surface area contributed by atoms with Crippen molar-refractivity contribution in [3.63, 3.8) is 0 Å². The summed E-state index contributed by atoms with van der Waals surface area (Å²) in [4.78, 5) is 4.40. The molecule has 0 aliphatic heterocycles. The Hall–Kier alpha value is -2.12. The van der Waals surface area contributed by atoms with E-state index in [0.717, 1.165) is 10.5 Å². The lowest BCUT2D eigenvalue weighted by Gasteiger charge is -2.18. The van der Waals surface area contributed by atoms with Crippen molar-refractivity contribution in [1.82, 2.24) is 9.55 Å². The van der Waals surface area contributed by atoms with Crippen molar-refractivity contribution in [3.05, 3.63) is 70.5 Å². The predicted octanol–water partition coefficient (Wildman–Crippen LogP) is 5.94. The van der Waals surface area contributed by atoms with Gasteiger partial charge in [-0.05, 0) is 43.7 Å². The summed E-state index contributed by atoms with van der Waals surface area (Å²) < 4.78 is 43.0. The van der Waals surface area contributed by atoms with E-state index in [4.69, 9.17) is 0 Å². The van der Waals surface area contributed by atoms with Crippen LogP contribution in [0.15, 0.2) is 59.2 Å². The summed E-state index contributed by atoms with van der Waals surface area (Å²) in [7, 11) is 0. The van der Waals surface area contributed by atoms with Crippen molar-refractivity contribution in [3.8, 4) is 17.1 Å². The third-order valence-electron chi connectivity index (χ3n) is 4.52. The molecule has 0 saturated heterocycles. The fourth-order valence-corrected chi connectivity index (χ4v) is 3.00. The van der Waals surface area contributed by atoms with Gasteiger partial charge >= 0.3 is 6.18 Å². The van der Waals surface area contributed by atoms with Crippen LogP contribution in [0.2, 0.25) is 0 Å². The van der Waals surface area contributed by atoms with Crippen molar-refractivity contribution in [2.24, 2.45) is 0 Å². The van der Waals surface area contributed by atoms with Gasteiger partial charge in [-0.25, -0.2) is 4.98 Å². The zero-order valence-electron chi connectivity index (χ0n) is 14.8. The Kier molecular flexibility index (Phi) is 5.18. The SMILES string of the molecule is CCC(C)(O)c1cn(-c2ccc(Br)cc2)c(-c2ccccc2C(F)(F)F)n1. The molecule has 3 aromatic rings. The topological polar surface area (TPSA) is 38.0 Å². The Morgan fingerprint density at radius 3 is 2.30 bits per heavy atom. The molecule has 0 saturated carbocycles. The van der Waals surface area contributed by atoms with E-state index in [1.807, 2.05) is 0 Å². The highest BCUT2D eigenvalue weighted by atomic mass is 79.9. The van der Waals surface area contributed by atoms with Crippen LogP contribution in [-0.4, -0.2) is 14.7 Å². The Morgan fingerprint density at radius 2 is 1.70 bits per heavy atom. The van der Waals surface area contributed by atoms with Gasteiger partial charge in [0.05, 0.1) is 11.3 Å². The fourth-order valence-electron chi connectivity index (χ4n) is 2.73. The molecule has 1 aromatic heterocycles. The number of alkyl halides is 3. The van der Waals surface area contributed by atoms with Crippen LogP contribution in [-0.2, 0) is 11.8 Å². The first kappa shape index (κ1) is 19.6. The van der Waals surface area contributed by atoms with Gasteiger partial charge in [0.25, 0.3) is 0 Å². The predicted molar refractivity (Wildman–Crippen MR) is 102 cm³/mol. The highest BCUT2D eigenvalue weighted by Gasteiger charge is 2.35. The van der Waals surface area contributed by atoms with Crippen molar-refractivity contribution in [2.75, 3.05) is 0 Å². The number of halogens is 4. The van der Waals surface area contributed by atoms with Crippen LogP contribution < -0.4 is 0 Å².